The van der Waals surface area contributed by atoms with Gasteiger partial charge < -0.3 is 9.47 Å². The van der Waals surface area contributed by atoms with Crippen LogP contribution in [0.5, 0.6) is 11.5 Å². The number of para-hydroxylation sites is 1. The van der Waals surface area contributed by atoms with E-state index in [1.165, 1.54) is 11.3 Å². The quantitative estimate of drug-likeness (QED) is 0.250. The number of thiazole rings is 1. The fourth-order valence-electron chi connectivity index (χ4n) is 4.20. The topological polar surface area (TPSA) is 75.0 Å². The van der Waals surface area contributed by atoms with E-state index in [1.807, 2.05) is 96.8 Å². The normalized spacial score (nSPS) is 13.1. The molecule has 0 aliphatic carbocycles. The van der Waals surface area contributed by atoms with Gasteiger partial charge >= 0.3 is 0 Å². The number of hydrogen-bond acceptors (Lipinski definition) is 6. The van der Waals surface area contributed by atoms with Crippen LogP contribution in [0.2, 0.25) is 0 Å². The van der Waals surface area contributed by atoms with Gasteiger partial charge in [-0.1, -0.05) is 46.3 Å². The number of fused-ring (bicyclic) bond motifs is 1. The van der Waals surface area contributed by atoms with Crippen molar-refractivity contribution in [3.63, 3.8) is 0 Å². The smallest absolute Gasteiger partial charge is 0.297 e. The van der Waals surface area contributed by atoms with Gasteiger partial charge in [-0.3, -0.25) is 9.48 Å². The molecule has 0 fully saturated rings. The van der Waals surface area contributed by atoms with Crippen LogP contribution in [0, 0.1) is 6.92 Å². The zero-order chi connectivity index (χ0) is 26.2. The molecular weight excluding hydrogens is 566 g/mol. The van der Waals surface area contributed by atoms with Crippen molar-refractivity contribution in [3.8, 4) is 28.4 Å². The van der Waals surface area contributed by atoms with E-state index in [4.69, 9.17) is 19.6 Å². The van der Waals surface area contributed by atoms with E-state index >= 15 is 0 Å². The van der Waals surface area contributed by atoms with Crippen molar-refractivity contribution >= 4 is 39.2 Å². The Bertz CT molecular complexity index is 1800. The van der Waals surface area contributed by atoms with Crippen molar-refractivity contribution in [2.45, 2.75) is 6.92 Å². The zero-order valence-electron chi connectivity index (χ0n) is 20.5. The second kappa shape index (κ2) is 9.96. The van der Waals surface area contributed by atoms with Gasteiger partial charge in [0.25, 0.3) is 5.56 Å². The molecule has 10 heteroatoms. The maximum absolute atomic E-state index is 13.5. The predicted octanol–water partition coefficient (Wildman–Crippen LogP) is 5.62. The van der Waals surface area contributed by atoms with E-state index in [0.717, 1.165) is 32.7 Å². The number of benzene rings is 3. The Hall–Kier alpha value is -4.15. The van der Waals surface area contributed by atoms with Crippen molar-refractivity contribution in [2.75, 3.05) is 6.79 Å². The van der Waals surface area contributed by atoms with Gasteiger partial charge in [-0.15, -0.1) is 11.3 Å². The molecule has 0 unspecified atom stereocenters. The second-order valence-corrected chi connectivity index (χ2v) is 10.4. The highest BCUT2D eigenvalue weighted by atomic mass is 79.9. The van der Waals surface area contributed by atoms with Crippen molar-refractivity contribution in [1.82, 2.24) is 14.0 Å². The molecule has 190 valence electrons. The SMILES string of the molecule is Cc1c(N=c2scc(-c3ccc(Br)cc3)n2N=Cc2ccc3c(c2)OCO3)c(=O)n(-c2ccccc2)n1C. The molecule has 0 radical (unpaired) electrons. The molecular formula is C28H22BrN5O3S. The second-order valence-electron chi connectivity index (χ2n) is 8.60. The summed E-state index contributed by atoms with van der Waals surface area (Å²) < 4.78 is 17.1. The molecule has 1 aliphatic rings. The lowest BCUT2D eigenvalue weighted by Gasteiger charge is -2.07. The van der Waals surface area contributed by atoms with E-state index < -0.39 is 0 Å². The molecule has 3 heterocycles. The number of hydrogen-bond donors (Lipinski definition) is 0. The lowest BCUT2D eigenvalue weighted by Crippen LogP contribution is -2.19. The van der Waals surface area contributed by atoms with E-state index in [-0.39, 0.29) is 12.4 Å². The fraction of sp³-hybridized carbons (Fsp3) is 0.107. The highest BCUT2D eigenvalue weighted by Gasteiger charge is 2.17. The molecule has 0 amide bonds. The standard InChI is InChI=1S/C28H22BrN5O3S/c1-18-26(27(35)34(32(18)2)22-6-4-3-5-7-22)31-28-33(23(16-38-28)20-9-11-21(29)12-10-20)30-15-19-8-13-24-25(14-19)37-17-36-24/h3-16H,17H2,1-2H3. The number of ether oxygens (including phenoxy) is 2. The van der Waals surface area contributed by atoms with Gasteiger partial charge in [0.05, 0.1) is 23.3 Å². The molecule has 2 aromatic heterocycles. The van der Waals surface area contributed by atoms with Crippen LogP contribution in [-0.2, 0) is 7.05 Å². The lowest BCUT2D eigenvalue weighted by molar-refractivity contribution is 0.174. The Morgan fingerprint density at radius 2 is 1.76 bits per heavy atom. The Morgan fingerprint density at radius 3 is 2.55 bits per heavy atom. The van der Waals surface area contributed by atoms with Crippen molar-refractivity contribution in [1.29, 1.82) is 0 Å². The third kappa shape index (κ3) is 4.42. The Labute approximate surface area is 230 Å². The molecule has 38 heavy (non-hydrogen) atoms. The number of rotatable bonds is 5. The summed E-state index contributed by atoms with van der Waals surface area (Å²) >= 11 is 4.92. The summed E-state index contributed by atoms with van der Waals surface area (Å²) in [4.78, 5) is 18.9. The first-order valence-electron chi connectivity index (χ1n) is 11.8. The van der Waals surface area contributed by atoms with Gasteiger partial charge in [-0.25, -0.2) is 14.4 Å². The van der Waals surface area contributed by atoms with Crippen LogP contribution >= 0.6 is 27.3 Å². The third-order valence-electron chi connectivity index (χ3n) is 6.28. The summed E-state index contributed by atoms with van der Waals surface area (Å²) in [6.45, 7) is 2.10. The summed E-state index contributed by atoms with van der Waals surface area (Å²) in [6, 6.07) is 23.2. The van der Waals surface area contributed by atoms with Crippen LogP contribution in [-0.4, -0.2) is 27.0 Å². The minimum Gasteiger partial charge on any atom is -0.454 e. The molecule has 6 rings (SSSR count). The van der Waals surface area contributed by atoms with Crippen LogP contribution in [0.4, 0.5) is 5.69 Å². The molecule has 0 saturated heterocycles. The van der Waals surface area contributed by atoms with E-state index in [2.05, 4.69) is 15.9 Å². The largest absolute Gasteiger partial charge is 0.454 e. The summed E-state index contributed by atoms with van der Waals surface area (Å²) in [5, 5.41) is 6.78. The van der Waals surface area contributed by atoms with Gasteiger partial charge in [-0.2, -0.15) is 5.10 Å². The van der Waals surface area contributed by atoms with E-state index in [9.17, 15) is 4.79 Å². The maximum atomic E-state index is 13.5. The number of halogens is 1. The average molecular weight is 588 g/mol. The molecule has 0 saturated carbocycles. The van der Waals surface area contributed by atoms with Gasteiger partial charge in [0.1, 0.15) is 0 Å². The molecule has 1 aliphatic heterocycles. The fourth-order valence-corrected chi connectivity index (χ4v) is 5.31. The third-order valence-corrected chi connectivity index (χ3v) is 7.62. The van der Waals surface area contributed by atoms with E-state index in [1.54, 1.807) is 15.6 Å². The van der Waals surface area contributed by atoms with Gasteiger partial charge in [0, 0.05) is 22.5 Å². The van der Waals surface area contributed by atoms with Crippen LogP contribution < -0.4 is 19.8 Å². The molecule has 0 spiro atoms. The summed E-state index contributed by atoms with van der Waals surface area (Å²) in [5.74, 6) is 1.40. The predicted molar refractivity (Wildman–Crippen MR) is 152 cm³/mol. The van der Waals surface area contributed by atoms with Gasteiger partial charge in [-0.05, 0) is 55.0 Å². The Kier molecular flexibility index (Phi) is 6.34. The van der Waals surface area contributed by atoms with Crippen molar-refractivity contribution < 1.29 is 9.47 Å². The van der Waals surface area contributed by atoms with Crippen LogP contribution in [0.15, 0.2) is 97.5 Å². The first-order valence-corrected chi connectivity index (χ1v) is 13.5. The molecule has 5 aromatic rings. The molecule has 0 bridgehead atoms. The summed E-state index contributed by atoms with van der Waals surface area (Å²) in [7, 11) is 1.86. The lowest BCUT2D eigenvalue weighted by atomic mass is 10.2. The number of aromatic nitrogens is 3. The summed E-state index contributed by atoms with van der Waals surface area (Å²) in [6.07, 6.45) is 1.75. The Morgan fingerprint density at radius 1 is 1.00 bits per heavy atom. The first kappa shape index (κ1) is 24.2. The van der Waals surface area contributed by atoms with Crippen LogP contribution in [0.1, 0.15) is 11.3 Å². The average Bonchev–Trinajstić information content (AvgIpc) is 3.62. The van der Waals surface area contributed by atoms with Crippen molar-refractivity contribution in [3.05, 3.63) is 109 Å². The van der Waals surface area contributed by atoms with Gasteiger partial charge in [0.15, 0.2) is 17.2 Å². The summed E-state index contributed by atoms with van der Waals surface area (Å²) in [5.41, 5.74) is 4.39. The molecule has 0 N–H and O–H groups in total. The molecule has 0 atom stereocenters. The van der Waals surface area contributed by atoms with Crippen LogP contribution in [0.25, 0.3) is 16.9 Å². The number of nitrogens with zero attached hydrogens (tertiary/aromatic N) is 5. The van der Waals surface area contributed by atoms with Crippen LogP contribution in [0.3, 0.4) is 0 Å². The zero-order valence-corrected chi connectivity index (χ0v) is 22.9. The molecule has 3 aromatic carbocycles. The minimum atomic E-state index is -0.193. The Balaban J connectivity index is 1.50. The molecule has 8 nitrogen and oxygen atoms in total. The van der Waals surface area contributed by atoms with E-state index in [0.29, 0.717) is 22.0 Å². The van der Waals surface area contributed by atoms with Crippen molar-refractivity contribution in [2.24, 2.45) is 17.1 Å². The first-order chi connectivity index (χ1) is 18.5. The minimum absolute atomic E-state index is 0.193. The van der Waals surface area contributed by atoms with Gasteiger partial charge in [0.2, 0.25) is 11.6 Å². The highest BCUT2D eigenvalue weighted by Crippen LogP contribution is 2.32. The monoisotopic (exact) mass is 587 g/mol. The highest BCUT2D eigenvalue weighted by molar-refractivity contribution is 9.10. The maximum Gasteiger partial charge on any atom is 0.297 e.